The Balaban J connectivity index is 1.68. The van der Waals surface area contributed by atoms with Crippen molar-refractivity contribution in [1.82, 2.24) is 24.3 Å². The predicted octanol–water partition coefficient (Wildman–Crippen LogP) is 1.32. The maximum atomic E-state index is 5.02. The highest BCUT2D eigenvalue weighted by atomic mass is 16.5. The highest BCUT2D eigenvalue weighted by Gasteiger charge is 2.06. The maximum Gasteiger partial charge on any atom is 0.137 e. The number of nitrogens with one attached hydrogen (secondary N) is 1. The minimum Gasteiger partial charge on any atom is -0.383 e. The molecule has 0 aromatic carbocycles. The van der Waals surface area contributed by atoms with Gasteiger partial charge < -0.3 is 19.0 Å². The second-order valence-electron chi connectivity index (χ2n) is 4.84. The van der Waals surface area contributed by atoms with Gasteiger partial charge >= 0.3 is 0 Å². The molecule has 0 radical (unpaired) electrons. The summed E-state index contributed by atoms with van der Waals surface area (Å²) in [6, 6.07) is 6.00. The van der Waals surface area contributed by atoms with Crippen LogP contribution in [-0.4, -0.2) is 39.2 Å². The van der Waals surface area contributed by atoms with Gasteiger partial charge in [0.1, 0.15) is 11.5 Å². The second-order valence-corrected chi connectivity index (χ2v) is 4.84. The molecule has 0 unspecified atom stereocenters. The van der Waals surface area contributed by atoms with Gasteiger partial charge in [0.15, 0.2) is 0 Å². The third kappa shape index (κ3) is 3.29. The third-order valence-electron chi connectivity index (χ3n) is 3.31. The average molecular weight is 285 g/mol. The van der Waals surface area contributed by atoms with Gasteiger partial charge in [0.2, 0.25) is 0 Å². The molecule has 21 heavy (non-hydrogen) atoms. The molecular weight excluding hydrogens is 266 g/mol. The molecule has 0 bridgehead atoms. The lowest BCUT2D eigenvalue weighted by Gasteiger charge is -2.07. The zero-order valence-electron chi connectivity index (χ0n) is 12.1. The van der Waals surface area contributed by atoms with E-state index in [0.29, 0.717) is 6.61 Å². The van der Waals surface area contributed by atoms with Crippen LogP contribution >= 0.6 is 0 Å². The van der Waals surface area contributed by atoms with Gasteiger partial charge in [-0.05, 0) is 12.1 Å². The fourth-order valence-electron chi connectivity index (χ4n) is 2.26. The predicted molar refractivity (Wildman–Crippen MR) is 80.1 cm³/mol. The van der Waals surface area contributed by atoms with Crippen molar-refractivity contribution >= 4 is 5.65 Å². The molecule has 0 spiro atoms. The van der Waals surface area contributed by atoms with Gasteiger partial charge in [-0.1, -0.05) is 6.07 Å². The zero-order chi connectivity index (χ0) is 14.5. The molecule has 0 saturated heterocycles. The molecule has 0 atom stereocenters. The monoisotopic (exact) mass is 285 g/mol. The van der Waals surface area contributed by atoms with Crippen LogP contribution in [0, 0.1) is 0 Å². The van der Waals surface area contributed by atoms with Gasteiger partial charge in [0, 0.05) is 38.4 Å². The summed E-state index contributed by atoms with van der Waals surface area (Å²) < 4.78 is 9.16. The molecular formula is C15H19N5O. The Morgan fingerprint density at radius 1 is 1.29 bits per heavy atom. The van der Waals surface area contributed by atoms with E-state index in [0.717, 1.165) is 36.8 Å². The van der Waals surface area contributed by atoms with Crippen molar-refractivity contribution in [2.45, 2.75) is 13.1 Å². The number of hydrogen-bond acceptors (Lipinski definition) is 4. The number of imidazole rings is 2. The number of nitrogens with zero attached hydrogens (tertiary/aromatic N) is 4. The first-order valence-electron chi connectivity index (χ1n) is 6.99. The number of pyridine rings is 1. The minimum atomic E-state index is 0.702. The number of methoxy groups -OCH3 is 1. The lowest BCUT2D eigenvalue weighted by atomic mass is 10.4. The minimum absolute atomic E-state index is 0.702. The Morgan fingerprint density at radius 2 is 2.24 bits per heavy atom. The SMILES string of the molecule is COCCNCc1nccn1Cc1cn2ccccc2n1. The van der Waals surface area contributed by atoms with Crippen LogP contribution in [0.4, 0.5) is 0 Å². The molecule has 0 amide bonds. The Kier molecular flexibility index (Phi) is 4.28. The highest BCUT2D eigenvalue weighted by Crippen LogP contribution is 2.08. The van der Waals surface area contributed by atoms with Gasteiger partial charge in [-0.2, -0.15) is 0 Å². The number of rotatable bonds is 7. The quantitative estimate of drug-likeness (QED) is 0.665. The molecule has 3 rings (SSSR count). The van der Waals surface area contributed by atoms with Crippen LogP contribution < -0.4 is 5.32 Å². The summed E-state index contributed by atoms with van der Waals surface area (Å²) in [5, 5.41) is 3.31. The zero-order valence-corrected chi connectivity index (χ0v) is 12.1. The first kappa shape index (κ1) is 13.8. The van der Waals surface area contributed by atoms with E-state index < -0.39 is 0 Å². The van der Waals surface area contributed by atoms with E-state index in [1.54, 1.807) is 7.11 Å². The van der Waals surface area contributed by atoms with Crippen molar-refractivity contribution in [3.63, 3.8) is 0 Å². The molecule has 0 fully saturated rings. The van der Waals surface area contributed by atoms with Crippen molar-refractivity contribution in [1.29, 1.82) is 0 Å². The normalized spacial score (nSPS) is 11.3. The van der Waals surface area contributed by atoms with Gasteiger partial charge in [-0.25, -0.2) is 9.97 Å². The molecule has 6 heteroatoms. The Labute approximate surface area is 123 Å². The number of fused-ring (bicyclic) bond motifs is 1. The fraction of sp³-hybridized carbons (Fsp3) is 0.333. The van der Waals surface area contributed by atoms with Crippen LogP contribution in [0.1, 0.15) is 11.5 Å². The first-order valence-corrected chi connectivity index (χ1v) is 6.99. The molecule has 3 heterocycles. The van der Waals surface area contributed by atoms with Crippen LogP contribution in [0.25, 0.3) is 5.65 Å². The van der Waals surface area contributed by atoms with E-state index in [-0.39, 0.29) is 0 Å². The standard InChI is InChI=1S/C15H19N5O/c1-21-9-6-16-10-15-17-5-8-20(15)12-13-11-19-7-3-2-4-14(19)18-13/h2-5,7-8,11,16H,6,9-10,12H2,1H3. The van der Waals surface area contributed by atoms with Gasteiger partial charge in [-0.15, -0.1) is 0 Å². The summed E-state index contributed by atoms with van der Waals surface area (Å²) in [6.45, 7) is 2.97. The summed E-state index contributed by atoms with van der Waals surface area (Å²) in [5.74, 6) is 1.00. The molecule has 110 valence electrons. The summed E-state index contributed by atoms with van der Waals surface area (Å²) in [7, 11) is 1.70. The van der Waals surface area contributed by atoms with Crippen LogP contribution in [-0.2, 0) is 17.8 Å². The highest BCUT2D eigenvalue weighted by molar-refractivity contribution is 5.39. The lowest BCUT2D eigenvalue weighted by Crippen LogP contribution is -2.21. The number of ether oxygens (including phenoxy) is 1. The maximum absolute atomic E-state index is 5.02. The van der Waals surface area contributed by atoms with E-state index in [9.17, 15) is 0 Å². The molecule has 3 aromatic heterocycles. The van der Waals surface area contributed by atoms with Gasteiger partial charge in [-0.3, -0.25) is 0 Å². The van der Waals surface area contributed by atoms with Gasteiger partial charge in [0.05, 0.1) is 25.4 Å². The Bertz CT molecular complexity index is 670. The number of aromatic nitrogens is 4. The summed E-state index contributed by atoms with van der Waals surface area (Å²) in [6.07, 6.45) is 7.87. The lowest BCUT2D eigenvalue weighted by molar-refractivity contribution is 0.199. The van der Waals surface area contributed by atoms with Crippen molar-refractivity contribution in [2.75, 3.05) is 20.3 Å². The van der Waals surface area contributed by atoms with Gasteiger partial charge in [0.25, 0.3) is 0 Å². The van der Waals surface area contributed by atoms with E-state index in [1.807, 2.05) is 41.2 Å². The van der Waals surface area contributed by atoms with Crippen LogP contribution in [0.2, 0.25) is 0 Å². The summed E-state index contributed by atoms with van der Waals surface area (Å²) >= 11 is 0. The smallest absolute Gasteiger partial charge is 0.137 e. The molecule has 0 aliphatic carbocycles. The van der Waals surface area contributed by atoms with E-state index in [4.69, 9.17) is 4.74 Å². The van der Waals surface area contributed by atoms with E-state index in [2.05, 4.69) is 26.0 Å². The van der Waals surface area contributed by atoms with E-state index in [1.165, 1.54) is 0 Å². The second kappa shape index (κ2) is 6.51. The van der Waals surface area contributed by atoms with Crippen molar-refractivity contribution in [2.24, 2.45) is 0 Å². The Hall–Kier alpha value is -2.18. The van der Waals surface area contributed by atoms with Crippen molar-refractivity contribution in [3.8, 4) is 0 Å². The van der Waals surface area contributed by atoms with E-state index >= 15 is 0 Å². The summed E-state index contributed by atoms with van der Waals surface area (Å²) in [5.41, 5.74) is 1.99. The molecule has 6 nitrogen and oxygen atoms in total. The first-order chi connectivity index (χ1) is 10.4. The summed E-state index contributed by atoms with van der Waals surface area (Å²) in [4.78, 5) is 9.00. The largest absolute Gasteiger partial charge is 0.383 e. The molecule has 0 aliphatic rings. The third-order valence-corrected chi connectivity index (χ3v) is 3.31. The average Bonchev–Trinajstić information content (AvgIpc) is 3.10. The topological polar surface area (TPSA) is 56.4 Å². The van der Waals surface area contributed by atoms with Crippen molar-refractivity contribution < 1.29 is 4.74 Å². The molecule has 0 saturated carbocycles. The molecule has 3 aromatic rings. The van der Waals surface area contributed by atoms with Crippen LogP contribution in [0.5, 0.6) is 0 Å². The molecule has 1 N–H and O–H groups in total. The number of hydrogen-bond donors (Lipinski definition) is 1. The fourth-order valence-corrected chi connectivity index (χ4v) is 2.26. The van der Waals surface area contributed by atoms with Crippen molar-refractivity contribution in [3.05, 3.63) is 54.5 Å². The Morgan fingerprint density at radius 3 is 3.10 bits per heavy atom. The van der Waals surface area contributed by atoms with Crippen LogP contribution in [0.15, 0.2) is 43.0 Å². The molecule has 0 aliphatic heterocycles. The van der Waals surface area contributed by atoms with Crippen LogP contribution in [0.3, 0.4) is 0 Å².